The van der Waals surface area contributed by atoms with Crippen LogP contribution in [-0.4, -0.2) is 31.4 Å². The lowest BCUT2D eigenvalue weighted by Gasteiger charge is -2.44. The quantitative estimate of drug-likeness (QED) is 0.471. The van der Waals surface area contributed by atoms with E-state index >= 15 is 0 Å². The molecular formula is C27H29BrN2O2S. The van der Waals surface area contributed by atoms with Crippen LogP contribution >= 0.6 is 15.9 Å². The maximum absolute atomic E-state index is 13.9. The lowest BCUT2D eigenvalue weighted by molar-refractivity contribution is 0.302. The van der Waals surface area contributed by atoms with E-state index in [0.717, 1.165) is 21.3 Å². The van der Waals surface area contributed by atoms with Gasteiger partial charge in [0, 0.05) is 34.7 Å². The molecule has 6 heteroatoms. The van der Waals surface area contributed by atoms with E-state index in [9.17, 15) is 8.42 Å². The van der Waals surface area contributed by atoms with Gasteiger partial charge in [-0.1, -0.05) is 77.8 Å². The highest BCUT2D eigenvalue weighted by Gasteiger charge is 2.55. The number of nitrogens with one attached hydrogen (secondary N) is 1. The Labute approximate surface area is 205 Å². The van der Waals surface area contributed by atoms with Crippen molar-refractivity contribution >= 4 is 31.6 Å². The van der Waals surface area contributed by atoms with E-state index in [-0.39, 0.29) is 23.4 Å². The molecule has 0 radical (unpaired) electrons. The molecule has 0 spiro atoms. The normalized spacial score (nSPS) is 24.1. The van der Waals surface area contributed by atoms with E-state index in [1.54, 1.807) is 16.4 Å². The molecule has 2 aliphatic heterocycles. The molecule has 0 amide bonds. The Kier molecular flexibility index (Phi) is 5.66. The number of benzene rings is 3. The summed E-state index contributed by atoms with van der Waals surface area (Å²) in [6.07, 6.45) is 0.669. The number of rotatable bonds is 4. The fourth-order valence-electron chi connectivity index (χ4n) is 5.53. The molecule has 3 atom stereocenters. The molecule has 1 N–H and O–H groups in total. The van der Waals surface area contributed by atoms with Crippen LogP contribution in [0.3, 0.4) is 0 Å². The first-order valence-corrected chi connectivity index (χ1v) is 13.6. The van der Waals surface area contributed by atoms with E-state index in [1.165, 1.54) is 5.56 Å². The maximum atomic E-state index is 13.9. The van der Waals surface area contributed by atoms with Gasteiger partial charge in [-0.3, -0.25) is 0 Å². The molecule has 1 fully saturated rings. The largest absolute Gasteiger partial charge is 0.380 e. The van der Waals surface area contributed by atoms with Crippen molar-refractivity contribution in [3.63, 3.8) is 0 Å². The molecule has 0 aromatic heterocycles. The average Bonchev–Trinajstić information content (AvgIpc) is 3.15. The topological polar surface area (TPSA) is 49.4 Å². The van der Waals surface area contributed by atoms with Crippen molar-refractivity contribution < 1.29 is 8.42 Å². The number of fused-ring (bicyclic) bond motifs is 2. The van der Waals surface area contributed by atoms with Gasteiger partial charge in [-0.2, -0.15) is 4.31 Å². The van der Waals surface area contributed by atoms with Crippen LogP contribution in [0.15, 0.2) is 82.2 Å². The molecule has 2 heterocycles. The Morgan fingerprint density at radius 2 is 1.73 bits per heavy atom. The van der Waals surface area contributed by atoms with Gasteiger partial charge in [0.2, 0.25) is 10.0 Å². The number of sulfonamides is 1. The van der Waals surface area contributed by atoms with Crippen LogP contribution < -0.4 is 5.32 Å². The monoisotopic (exact) mass is 524 g/mol. The van der Waals surface area contributed by atoms with E-state index < -0.39 is 10.0 Å². The third-order valence-electron chi connectivity index (χ3n) is 7.43. The van der Waals surface area contributed by atoms with Crippen LogP contribution in [0.1, 0.15) is 30.5 Å². The van der Waals surface area contributed by atoms with Crippen LogP contribution in [0.4, 0.5) is 5.69 Å². The van der Waals surface area contributed by atoms with Crippen molar-refractivity contribution in [1.29, 1.82) is 0 Å². The zero-order valence-corrected chi connectivity index (χ0v) is 21.5. The third-order valence-corrected chi connectivity index (χ3v) is 9.83. The lowest BCUT2D eigenvalue weighted by Crippen LogP contribution is -2.49. The second-order valence-electron chi connectivity index (χ2n) is 9.83. The van der Waals surface area contributed by atoms with Crippen molar-refractivity contribution in [3.05, 3.63) is 94.0 Å². The first-order chi connectivity index (χ1) is 15.7. The Balaban J connectivity index is 1.60. The fourth-order valence-corrected chi connectivity index (χ4v) is 7.56. The van der Waals surface area contributed by atoms with Crippen molar-refractivity contribution in [2.24, 2.45) is 5.92 Å². The molecule has 172 valence electrons. The van der Waals surface area contributed by atoms with E-state index in [4.69, 9.17) is 0 Å². The van der Waals surface area contributed by atoms with Crippen molar-refractivity contribution in [3.8, 4) is 0 Å². The minimum absolute atomic E-state index is 0.0223. The summed E-state index contributed by atoms with van der Waals surface area (Å²) in [4.78, 5) is 0.364. The smallest absolute Gasteiger partial charge is 0.243 e. The highest BCUT2D eigenvalue weighted by molar-refractivity contribution is 9.10. The second-order valence-corrected chi connectivity index (χ2v) is 12.6. The van der Waals surface area contributed by atoms with Crippen molar-refractivity contribution in [1.82, 2.24) is 4.31 Å². The zero-order chi connectivity index (χ0) is 23.4. The average molecular weight is 526 g/mol. The Morgan fingerprint density at radius 1 is 1.03 bits per heavy atom. The van der Waals surface area contributed by atoms with Crippen LogP contribution in [0.25, 0.3) is 0 Å². The van der Waals surface area contributed by atoms with E-state index in [1.807, 2.05) is 43.3 Å². The van der Waals surface area contributed by atoms with Gasteiger partial charge in [-0.25, -0.2) is 8.42 Å². The summed E-state index contributed by atoms with van der Waals surface area (Å²) in [5, 5.41) is 3.75. The number of halogens is 1. The third kappa shape index (κ3) is 3.92. The number of hydrogen-bond acceptors (Lipinski definition) is 3. The van der Waals surface area contributed by atoms with Crippen LogP contribution in [-0.2, 0) is 21.9 Å². The van der Waals surface area contributed by atoms with Gasteiger partial charge >= 0.3 is 0 Å². The summed E-state index contributed by atoms with van der Waals surface area (Å²) >= 11 is 3.62. The number of nitrogens with zero attached hydrogens (tertiary/aromatic N) is 1. The van der Waals surface area contributed by atoms with Gasteiger partial charge in [0.1, 0.15) is 0 Å². The number of hydrogen-bond donors (Lipinski definition) is 1. The Morgan fingerprint density at radius 3 is 2.42 bits per heavy atom. The molecular weight excluding hydrogens is 496 g/mol. The molecule has 5 rings (SSSR count). The summed E-state index contributed by atoms with van der Waals surface area (Å²) < 4.78 is 30.6. The van der Waals surface area contributed by atoms with Gasteiger partial charge in [-0.05, 0) is 60.2 Å². The van der Waals surface area contributed by atoms with E-state index in [0.29, 0.717) is 17.9 Å². The van der Waals surface area contributed by atoms with Crippen molar-refractivity contribution in [2.45, 2.75) is 49.6 Å². The molecule has 1 saturated heterocycles. The summed E-state index contributed by atoms with van der Waals surface area (Å²) in [6.45, 7) is 6.96. The van der Waals surface area contributed by atoms with Gasteiger partial charge in [-0.15, -0.1) is 0 Å². The molecule has 33 heavy (non-hydrogen) atoms. The van der Waals surface area contributed by atoms with E-state index in [2.05, 4.69) is 59.4 Å². The molecule has 3 aromatic carbocycles. The van der Waals surface area contributed by atoms with Crippen LogP contribution in [0.5, 0.6) is 0 Å². The highest BCUT2D eigenvalue weighted by atomic mass is 79.9. The predicted molar refractivity (Wildman–Crippen MR) is 137 cm³/mol. The van der Waals surface area contributed by atoms with Crippen molar-refractivity contribution in [2.75, 3.05) is 11.9 Å². The summed E-state index contributed by atoms with van der Waals surface area (Å²) in [5.41, 5.74) is 4.34. The molecule has 0 unspecified atom stereocenters. The summed E-state index contributed by atoms with van der Waals surface area (Å²) in [6, 6.07) is 23.6. The minimum Gasteiger partial charge on any atom is -0.380 e. The SMILES string of the molecule is Cc1ccc(S(=O)(=O)N2C[C@H]3[C@@H](Nc4ccc(Br)cc4C3(C)C)[C@@H]2Cc2ccccc2)cc1. The second kappa shape index (κ2) is 8.26. The van der Waals surface area contributed by atoms with Crippen LogP contribution in [0, 0.1) is 12.8 Å². The summed E-state index contributed by atoms with van der Waals surface area (Å²) in [5.74, 6) is 0.147. The maximum Gasteiger partial charge on any atom is 0.243 e. The molecule has 0 saturated carbocycles. The molecule has 3 aromatic rings. The van der Waals surface area contributed by atoms with Gasteiger partial charge < -0.3 is 5.32 Å². The molecule has 2 aliphatic rings. The molecule has 0 bridgehead atoms. The first-order valence-electron chi connectivity index (χ1n) is 11.4. The fraction of sp³-hybridized carbons (Fsp3) is 0.333. The standard InChI is InChI=1S/C27H29BrN2O2S/c1-18-9-12-21(13-10-18)33(31,32)30-17-23-26(25(30)15-19-7-5-4-6-8-19)29-24-14-11-20(28)16-22(24)27(23,2)3/h4-14,16,23,25-26,29H,15,17H2,1-3H3/t23-,25-,26+/m0/s1. The minimum atomic E-state index is -3.64. The predicted octanol–water partition coefficient (Wildman–Crippen LogP) is 5.76. The van der Waals surface area contributed by atoms with Crippen LogP contribution in [0.2, 0.25) is 0 Å². The lowest BCUT2D eigenvalue weighted by atomic mass is 9.67. The molecule has 0 aliphatic carbocycles. The number of aryl methyl sites for hydroxylation is 1. The summed E-state index contributed by atoms with van der Waals surface area (Å²) in [7, 11) is -3.64. The molecule has 4 nitrogen and oxygen atoms in total. The zero-order valence-electron chi connectivity index (χ0n) is 19.1. The Hall–Kier alpha value is -2.15. The van der Waals surface area contributed by atoms with Gasteiger partial charge in [0.05, 0.1) is 4.90 Å². The Bertz CT molecular complexity index is 1270. The van der Waals surface area contributed by atoms with Gasteiger partial charge in [0.25, 0.3) is 0 Å². The van der Waals surface area contributed by atoms with Gasteiger partial charge in [0.15, 0.2) is 0 Å². The first kappa shape index (κ1) is 22.6. The highest BCUT2D eigenvalue weighted by Crippen LogP contribution is 2.49. The number of anilines is 1.